The van der Waals surface area contributed by atoms with Crippen molar-refractivity contribution in [2.45, 2.75) is 80.7 Å². The standard InChI is InChI=1S/C28H31FN4O9S/c1-2-16-11-28(16,26(37)31-43(39,40)18-6-7-18)30-24(35)21-10-17(13-33(21)25(36)22-8-9-23(34)42-22)41-27(38)32-12-15-4-3-5-20(29)19(15)14-32/h2-5,16-18,21-22H,1,6-14H2,(H,30,35)(H,31,37)/t16-,17?,21+,22+,28-/m1/s1. The minimum atomic E-state index is -3.89. The number of halogens is 1. The number of nitrogens with one attached hydrogen (secondary N) is 2. The van der Waals surface area contributed by atoms with Crippen molar-refractivity contribution >= 4 is 39.8 Å². The van der Waals surface area contributed by atoms with Crippen LogP contribution in [0, 0.1) is 11.7 Å². The lowest BCUT2D eigenvalue weighted by atomic mass is 10.1. The van der Waals surface area contributed by atoms with E-state index in [1.807, 2.05) is 0 Å². The molecule has 6 rings (SSSR count). The van der Waals surface area contributed by atoms with Gasteiger partial charge in [0.05, 0.1) is 18.3 Å². The monoisotopic (exact) mass is 618 g/mol. The van der Waals surface area contributed by atoms with Crippen molar-refractivity contribution in [3.05, 3.63) is 47.8 Å². The van der Waals surface area contributed by atoms with Crippen LogP contribution in [0.25, 0.3) is 0 Å². The summed E-state index contributed by atoms with van der Waals surface area (Å²) in [6.07, 6.45) is -0.345. The number of fused-ring (bicyclic) bond motifs is 1. The van der Waals surface area contributed by atoms with Crippen LogP contribution in [0.1, 0.15) is 49.7 Å². The summed E-state index contributed by atoms with van der Waals surface area (Å²) in [6.45, 7) is 3.62. The Hall–Kier alpha value is -4.01. The molecule has 5 aliphatic rings. The molecule has 5 atom stereocenters. The van der Waals surface area contributed by atoms with Crippen molar-refractivity contribution in [2.24, 2.45) is 5.92 Å². The predicted molar refractivity (Wildman–Crippen MR) is 144 cm³/mol. The lowest BCUT2D eigenvalue weighted by molar-refractivity contribution is -0.154. The Morgan fingerprint density at radius 1 is 1.16 bits per heavy atom. The second kappa shape index (κ2) is 10.6. The van der Waals surface area contributed by atoms with Gasteiger partial charge in [-0.1, -0.05) is 18.2 Å². The number of benzene rings is 1. The highest BCUT2D eigenvalue weighted by atomic mass is 32.2. The molecule has 1 unspecified atom stereocenters. The number of hydrogen-bond donors (Lipinski definition) is 2. The molecule has 3 aliphatic heterocycles. The number of nitrogens with zero attached hydrogens (tertiary/aromatic N) is 2. The summed E-state index contributed by atoms with van der Waals surface area (Å²) in [7, 11) is -3.89. The molecule has 0 bridgehead atoms. The summed E-state index contributed by atoms with van der Waals surface area (Å²) in [6, 6.07) is 3.35. The fourth-order valence-corrected chi connectivity index (χ4v) is 7.37. The van der Waals surface area contributed by atoms with Gasteiger partial charge in [0.1, 0.15) is 23.5 Å². The van der Waals surface area contributed by atoms with Crippen molar-refractivity contribution in [3.8, 4) is 0 Å². The summed E-state index contributed by atoms with van der Waals surface area (Å²) in [4.78, 5) is 67.4. The van der Waals surface area contributed by atoms with Crippen LogP contribution in [0.15, 0.2) is 30.9 Å². The van der Waals surface area contributed by atoms with Crippen LogP contribution in [-0.4, -0.2) is 83.6 Å². The maximum Gasteiger partial charge on any atom is 0.410 e. The smallest absolute Gasteiger partial charge is 0.410 e. The number of amides is 4. The van der Waals surface area contributed by atoms with Gasteiger partial charge >= 0.3 is 12.1 Å². The Labute approximate surface area is 246 Å². The van der Waals surface area contributed by atoms with E-state index in [0.29, 0.717) is 24.0 Å². The van der Waals surface area contributed by atoms with Gasteiger partial charge in [0.2, 0.25) is 15.9 Å². The number of hydrogen-bond acceptors (Lipinski definition) is 9. The highest BCUT2D eigenvalue weighted by Gasteiger charge is 2.62. The van der Waals surface area contributed by atoms with E-state index in [9.17, 15) is 36.8 Å². The van der Waals surface area contributed by atoms with Gasteiger partial charge in [-0.25, -0.2) is 17.6 Å². The molecule has 3 heterocycles. The predicted octanol–water partition coefficient (Wildman–Crippen LogP) is 0.622. The first-order valence-corrected chi connectivity index (χ1v) is 15.7. The molecule has 1 aromatic rings. The van der Waals surface area contributed by atoms with Crippen LogP contribution in [-0.2, 0) is 51.8 Å². The summed E-state index contributed by atoms with van der Waals surface area (Å²) in [5.74, 6) is -3.82. The zero-order valence-corrected chi connectivity index (χ0v) is 23.9. The van der Waals surface area contributed by atoms with Gasteiger partial charge in [-0.3, -0.25) is 28.8 Å². The van der Waals surface area contributed by atoms with Crippen molar-refractivity contribution in [3.63, 3.8) is 0 Å². The molecule has 4 amide bonds. The number of likely N-dealkylation sites (tertiary alicyclic amines) is 1. The third-order valence-electron chi connectivity index (χ3n) is 8.71. The van der Waals surface area contributed by atoms with E-state index in [1.165, 1.54) is 17.0 Å². The molecule has 0 radical (unpaired) electrons. The average Bonchev–Trinajstić information content (AvgIpc) is 3.78. The SMILES string of the molecule is C=C[C@@H]1C[C@]1(NC(=O)[C@@H]1CC(OC(=O)N2Cc3cccc(F)c3C2)CN1C(=O)[C@@H]1CCC(=O)O1)C(=O)NS(=O)(=O)C1CC1. The van der Waals surface area contributed by atoms with E-state index in [4.69, 9.17) is 9.47 Å². The van der Waals surface area contributed by atoms with Crippen molar-refractivity contribution in [2.75, 3.05) is 6.54 Å². The molecular formula is C28H31FN4O9S. The van der Waals surface area contributed by atoms with Crippen LogP contribution in [0.4, 0.5) is 9.18 Å². The van der Waals surface area contributed by atoms with Gasteiger partial charge in [0.15, 0.2) is 6.10 Å². The number of rotatable bonds is 8. The zero-order chi connectivity index (χ0) is 30.7. The highest BCUT2D eigenvalue weighted by Crippen LogP contribution is 2.45. The van der Waals surface area contributed by atoms with Gasteiger partial charge in [-0.2, -0.15) is 0 Å². The Kier molecular flexibility index (Phi) is 7.18. The first kappa shape index (κ1) is 29.1. The normalized spacial score (nSPS) is 29.5. The summed E-state index contributed by atoms with van der Waals surface area (Å²) >= 11 is 0. The van der Waals surface area contributed by atoms with Crippen molar-refractivity contribution in [1.29, 1.82) is 0 Å². The van der Waals surface area contributed by atoms with E-state index in [1.54, 1.807) is 12.1 Å². The van der Waals surface area contributed by atoms with E-state index in [0.717, 1.165) is 4.90 Å². The Morgan fingerprint density at radius 2 is 1.93 bits per heavy atom. The molecule has 0 aromatic heterocycles. The average molecular weight is 619 g/mol. The summed E-state index contributed by atoms with van der Waals surface area (Å²) < 4.78 is 51.9. The highest BCUT2D eigenvalue weighted by molar-refractivity contribution is 7.91. The van der Waals surface area contributed by atoms with E-state index in [-0.39, 0.29) is 45.3 Å². The van der Waals surface area contributed by atoms with Crippen LogP contribution >= 0.6 is 0 Å². The molecule has 2 saturated carbocycles. The maximum atomic E-state index is 14.2. The number of ether oxygens (including phenoxy) is 2. The Balaban J connectivity index is 1.17. The third-order valence-corrected chi connectivity index (χ3v) is 10.5. The molecule has 2 N–H and O–H groups in total. The van der Waals surface area contributed by atoms with Gasteiger partial charge in [0.25, 0.3) is 11.8 Å². The summed E-state index contributed by atoms with van der Waals surface area (Å²) in [5.41, 5.74) is -0.541. The van der Waals surface area contributed by atoms with Crippen molar-refractivity contribution < 1.29 is 46.3 Å². The quantitative estimate of drug-likeness (QED) is 0.313. The van der Waals surface area contributed by atoms with Crippen LogP contribution < -0.4 is 10.0 Å². The first-order chi connectivity index (χ1) is 20.4. The number of esters is 1. The minimum absolute atomic E-state index is 0.00246. The molecule has 0 spiro atoms. The zero-order valence-electron chi connectivity index (χ0n) is 23.1. The molecule has 15 heteroatoms. The van der Waals surface area contributed by atoms with E-state index < -0.39 is 80.6 Å². The molecule has 43 heavy (non-hydrogen) atoms. The number of cyclic esters (lactones) is 1. The molecule has 13 nitrogen and oxygen atoms in total. The molecule has 230 valence electrons. The van der Waals surface area contributed by atoms with Crippen molar-refractivity contribution in [1.82, 2.24) is 19.8 Å². The van der Waals surface area contributed by atoms with Gasteiger partial charge in [-0.05, 0) is 30.9 Å². The van der Waals surface area contributed by atoms with E-state index in [2.05, 4.69) is 16.6 Å². The molecule has 4 fully saturated rings. The lowest BCUT2D eigenvalue weighted by Crippen LogP contribution is -2.57. The molecule has 2 aliphatic carbocycles. The molecule has 2 saturated heterocycles. The fraction of sp³-hybridized carbons (Fsp3) is 0.536. The number of sulfonamides is 1. The number of carbonyl (C=O) groups excluding carboxylic acids is 5. The molecule has 1 aromatic carbocycles. The second-order valence-corrected chi connectivity index (χ2v) is 13.6. The largest absolute Gasteiger partial charge is 0.452 e. The van der Waals surface area contributed by atoms with Gasteiger partial charge in [-0.15, -0.1) is 6.58 Å². The second-order valence-electron chi connectivity index (χ2n) is 11.7. The van der Waals surface area contributed by atoms with Crippen LogP contribution in [0.2, 0.25) is 0 Å². The minimum Gasteiger partial charge on any atom is -0.452 e. The first-order valence-electron chi connectivity index (χ1n) is 14.1. The lowest BCUT2D eigenvalue weighted by Gasteiger charge is -2.27. The summed E-state index contributed by atoms with van der Waals surface area (Å²) in [5, 5.41) is 1.99. The third kappa shape index (κ3) is 5.45. The Morgan fingerprint density at radius 3 is 2.56 bits per heavy atom. The van der Waals surface area contributed by atoms with E-state index >= 15 is 0 Å². The van der Waals surface area contributed by atoms with Gasteiger partial charge < -0.3 is 19.7 Å². The van der Waals surface area contributed by atoms with Crippen LogP contribution in [0.5, 0.6) is 0 Å². The topological polar surface area (TPSA) is 168 Å². The fourth-order valence-electron chi connectivity index (χ4n) is 6.01. The number of carbonyl (C=O) groups is 5. The van der Waals surface area contributed by atoms with Crippen LogP contribution in [0.3, 0.4) is 0 Å². The molecular weight excluding hydrogens is 587 g/mol. The Bertz CT molecular complexity index is 1530. The maximum absolute atomic E-state index is 14.2. The van der Waals surface area contributed by atoms with Gasteiger partial charge in [0, 0.05) is 37.3 Å².